The van der Waals surface area contributed by atoms with Crippen molar-refractivity contribution >= 4 is 0 Å². The van der Waals surface area contributed by atoms with Crippen LogP contribution in [0, 0.1) is 6.92 Å². The summed E-state index contributed by atoms with van der Waals surface area (Å²) in [6.07, 6.45) is 0.677. The number of hydrogen-bond acceptors (Lipinski definition) is 4. The molecule has 106 valence electrons. The fraction of sp³-hybridized carbons (Fsp3) is 0.176. The van der Waals surface area contributed by atoms with Crippen LogP contribution >= 0.6 is 0 Å². The molecule has 4 heteroatoms. The minimum atomic E-state index is -0.293. The minimum absolute atomic E-state index is 0.293. The molecule has 0 radical (unpaired) electrons. The first-order valence-electron chi connectivity index (χ1n) is 6.92. The number of nitrogens with zero attached hydrogens (tertiary/aromatic N) is 2. The fourth-order valence-corrected chi connectivity index (χ4v) is 2.16. The van der Waals surface area contributed by atoms with Crippen LogP contribution in [0.5, 0.6) is 0 Å². The molecular formula is C17H17N3O. The molecule has 0 bridgehead atoms. The molecule has 0 spiro atoms. The number of aromatic nitrogens is 2. The summed E-state index contributed by atoms with van der Waals surface area (Å²) in [5.74, 6) is 1.04. The molecule has 0 fully saturated rings. The summed E-state index contributed by atoms with van der Waals surface area (Å²) in [5, 5.41) is 4.01. The van der Waals surface area contributed by atoms with Crippen molar-refractivity contribution in [2.75, 3.05) is 0 Å². The lowest BCUT2D eigenvalue weighted by Crippen LogP contribution is -2.13. The van der Waals surface area contributed by atoms with Crippen molar-refractivity contribution in [2.24, 2.45) is 5.73 Å². The van der Waals surface area contributed by atoms with Gasteiger partial charge in [-0.1, -0.05) is 65.3 Å². The van der Waals surface area contributed by atoms with E-state index in [2.05, 4.69) is 10.1 Å². The molecule has 3 aromatic rings. The first-order valence-corrected chi connectivity index (χ1v) is 6.92. The molecule has 2 aromatic carbocycles. The van der Waals surface area contributed by atoms with E-state index in [1.54, 1.807) is 0 Å². The number of hydrogen-bond donors (Lipinski definition) is 1. The van der Waals surface area contributed by atoms with Gasteiger partial charge in [-0.05, 0) is 18.9 Å². The first kappa shape index (κ1) is 13.5. The van der Waals surface area contributed by atoms with Crippen LogP contribution in [-0.4, -0.2) is 10.1 Å². The predicted octanol–water partition coefficient (Wildman–Crippen LogP) is 3.29. The van der Waals surface area contributed by atoms with Gasteiger partial charge in [-0.3, -0.25) is 0 Å². The van der Waals surface area contributed by atoms with E-state index < -0.39 is 0 Å². The Morgan fingerprint density at radius 2 is 1.76 bits per heavy atom. The SMILES string of the molecule is Cc1ccc(-c2noc([C@@H](N)Cc3ccccc3)n2)cc1. The van der Waals surface area contributed by atoms with Crippen molar-refractivity contribution in [3.8, 4) is 11.4 Å². The van der Waals surface area contributed by atoms with Gasteiger partial charge in [0.25, 0.3) is 0 Å². The average Bonchev–Trinajstić information content (AvgIpc) is 2.99. The Balaban J connectivity index is 1.76. The highest BCUT2D eigenvalue weighted by atomic mass is 16.5. The minimum Gasteiger partial charge on any atom is -0.337 e. The van der Waals surface area contributed by atoms with Crippen molar-refractivity contribution in [1.29, 1.82) is 0 Å². The molecule has 0 unspecified atom stereocenters. The van der Waals surface area contributed by atoms with Gasteiger partial charge in [-0.2, -0.15) is 4.98 Å². The van der Waals surface area contributed by atoms with Crippen molar-refractivity contribution in [2.45, 2.75) is 19.4 Å². The van der Waals surface area contributed by atoms with E-state index in [0.29, 0.717) is 18.1 Å². The van der Waals surface area contributed by atoms with E-state index in [-0.39, 0.29) is 6.04 Å². The van der Waals surface area contributed by atoms with Crippen LogP contribution < -0.4 is 5.73 Å². The van der Waals surface area contributed by atoms with Crippen LogP contribution in [0.4, 0.5) is 0 Å². The predicted molar refractivity (Wildman–Crippen MR) is 81.5 cm³/mol. The molecule has 0 aliphatic rings. The quantitative estimate of drug-likeness (QED) is 0.796. The Hall–Kier alpha value is -2.46. The normalized spacial score (nSPS) is 12.3. The Labute approximate surface area is 123 Å². The zero-order chi connectivity index (χ0) is 14.7. The zero-order valence-corrected chi connectivity index (χ0v) is 11.9. The summed E-state index contributed by atoms with van der Waals surface area (Å²) in [6, 6.07) is 17.8. The monoisotopic (exact) mass is 279 g/mol. The van der Waals surface area contributed by atoms with Gasteiger partial charge >= 0.3 is 0 Å². The highest BCUT2D eigenvalue weighted by molar-refractivity contribution is 5.54. The van der Waals surface area contributed by atoms with E-state index in [4.69, 9.17) is 10.3 Å². The van der Waals surface area contributed by atoms with Crippen molar-refractivity contribution in [3.63, 3.8) is 0 Å². The molecule has 0 saturated carbocycles. The summed E-state index contributed by atoms with van der Waals surface area (Å²) in [4.78, 5) is 4.40. The van der Waals surface area contributed by atoms with Gasteiger partial charge in [0.1, 0.15) is 0 Å². The molecule has 21 heavy (non-hydrogen) atoms. The van der Waals surface area contributed by atoms with Gasteiger partial charge in [0.05, 0.1) is 6.04 Å². The molecule has 3 rings (SSSR count). The molecule has 1 heterocycles. The van der Waals surface area contributed by atoms with Crippen molar-refractivity contribution in [1.82, 2.24) is 10.1 Å². The maximum Gasteiger partial charge on any atom is 0.244 e. The van der Waals surface area contributed by atoms with Crippen molar-refractivity contribution < 1.29 is 4.52 Å². The van der Waals surface area contributed by atoms with E-state index in [1.165, 1.54) is 5.56 Å². The summed E-state index contributed by atoms with van der Waals surface area (Å²) in [7, 11) is 0. The lowest BCUT2D eigenvalue weighted by Gasteiger charge is -2.05. The van der Waals surface area contributed by atoms with Gasteiger partial charge in [0, 0.05) is 5.56 Å². The second-order valence-corrected chi connectivity index (χ2v) is 5.12. The Kier molecular flexibility index (Phi) is 3.79. The van der Waals surface area contributed by atoms with E-state index in [0.717, 1.165) is 11.1 Å². The maximum atomic E-state index is 6.15. The first-order chi connectivity index (χ1) is 10.2. The van der Waals surface area contributed by atoms with Gasteiger partial charge < -0.3 is 10.3 Å². The van der Waals surface area contributed by atoms with Crippen LogP contribution in [0.25, 0.3) is 11.4 Å². The third-order valence-electron chi connectivity index (χ3n) is 3.37. The van der Waals surface area contributed by atoms with Gasteiger partial charge in [0.2, 0.25) is 11.7 Å². The molecule has 0 amide bonds. The Morgan fingerprint density at radius 3 is 2.48 bits per heavy atom. The van der Waals surface area contributed by atoms with Crippen LogP contribution in [0.2, 0.25) is 0 Å². The van der Waals surface area contributed by atoms with Crippen LogP contribution in [-0.2, 0) is 6.42 Å². The number of benzene rings is 2. The molecule has 1 atom stereocenters. The molecular weight excluding hydrogens is 262 g/mol. The highest BCUT2D eigenvalue weighted by Gasteiger charge is 2.16. The molecule has 0 aliphatic heterocycles. The number of rotatable bonds is 4. The number of nitrogens with two attached hydrogens (primary N) is 1. The smallest absolute Gasteiger partial charge is 0.244 e. The van der Waals surface area contributed by atoms with Crippen LogP contribution in [0.15, 0.2) is 59.1 Å². The Morgan fingerprint density at radius 1 is 1.05 bits per heavy atom. The number of aryl methyl sites for hydroxylation is 1. The molecule has 0 saturated heterocycles. The summed E-state index contributed by atoms with van der Waals surface area (Å²) in [6.45, 7) is 2.04. The van der Waals surface area contributed by atoms with Gasteiger partial charge in [-0.15, -0.1) is 0 Å². The molecule has 2 N–H and O–H groups in total. The summed E-state index contributed by atoms with van der Waals surface area (Å²) >= 11 is 0. The van der Waals surface area contributed by atoms with Gasteiger partial charge in [-0.25, -0.2) is 0 Å². The third-order valence-corrected chi connectivity index (χ3v) is 3.37. The fourth-order valence-electron chi connectivity index (χ4n) is 2.16. The highest BCUT2D eigenvalue weighted by Crippen LogP contribution is 2.20. The zero-order valence-electron chi connectivity index (χ0n) is 11.9. The Bertz CT molecular complexity index is 704. The van der Waals surface area contributed by atoms with E-state index in [1.807, 2.05) is 61.5 Å². The summed E-state index contributed by atoms with van der Waals surface area (Å²) in [5.41, 5.74) is 9.43. The maximum absolute atomic E-state index is 6.15. The lowest BCUT2D eigenvalue weighted by molar-refractivity contribution is 0.354. The standard InChI is InChI=1S/C17H17N3O/c1-12-7-9-14(10-8-12)16-19-17(21-20-16)15(18)11-13-5-3-2-4-6-13/h2-10,15H,11,18H2,1H3/t15-/m0/s1. The van der Waals surface area contributed by atoms with E-state index >= 15 is 0 Å². The average molecular weight is 279 g/mol. The molecule has 1 aromatic heterocycles. The second-order valence-electron chi connectivity index (χ2n) is 5.12. The second kappa shape index (κ2) is 5.89. The van der Waals surface area contributed by atoms with Gasteiger partial charge in [0.15, 0.2) is 0 Å². The largest absolute Gasteiger partial charge is 0.337 e. The topological polar surface area (TPSA) is 64.9 Å². The third kappa shape index (κ3) is 3.17. The lowest BCUT2D eigenvalue weighted by atomic mass is 10.1. The molecule has 0 aliphatic carbocycles. The summed E-state index contributed by atoms with van der Waals surface area (Å²) < 4.78 is 5.30. The molecule has 4 nitrogen and oxygen atoms in total. The van der Waals surface area contributed by atoms with Crippen LogP contribution in [0.1, 0.15) is 23.1 Å². The van der Waals surface area contributed by atoms with Crippen LogP contribution in [0.3, 0.4) is 0 Å². The van der Waals surface area contributed by atoms with Crippen molar-refractivity contribution in [3.05, 3.63) is 71.6 Å². The van der Waals surface area contributed by atoms with E-state index in [9.17, 15) is 0 Å².